The first-order valence-corrected chi connectivity index (χ1v) is 7.58. The monoisotopic (exact) mass is 338 g/mol. The molecule has 3 aromatic rings. The molecule has 0 saturated carbocycles. The summed E-state index contributed by atoms with van der Waals surface area (Å²) < 4.78 is 5.33. The van der Waals surface area contributed by atoms with Crippen molar-refractivity contribution in [3.8, 4) is 16.9 Å². The fraction of sp³-hybridized carbons (Fsp3) is 0.176. The van der Waals surface area contributed by atoms with Crippen LogP contribution >= 0.6 is 0 Å². The van der Waals surface area contributed by atoms with E-state index >= 15 is 0 Å². The lowest BCUT2D eigenvalue weighted by Gasteiger charge is -2.13. The van der Waals surface area contributed by atoms with Gasteiger partial charge in [-0.25, -0.2) is 14.8 Å². The molecule has 0 unspecified atom stereocenters. The molecule has 8 heteroatoms. The lowest BCUT2D eigenvalue weighted by molar-refractivity contribution is 0.259. The van der Waals surface area contributed by atoms with Crippen LogP contribution in [0, 0.1) is 6.92 Å². The number of urea groups is 1. The lowest BCUT2D eigenvalue weighted by Crippen LogP contribution is -2.20. The van der Waals surface area contributed by atoms with E-state index in [0.29, 0.717) is 28.7 Å². The average molecular weight is 338 g/mol. The molecule has 0 spiro atoms. The van der Waals surface area contributed by atoms with Gasteiger partial charge in [0, 0.05) is 24.2 Å². The third kappa shape index (κ3) is 3.42. The van der Waals surface area contributed by atoms with Crippen LogP contribution in [0.4, 0.5) is 16.6 Å². The molecule has 0 radical (unpaired) electrons. The number of aromatic nitrogens is 3. The largest absolute Gasteiger partial charge is 0.497 e. The molecule has 128 valence electrons. The van der Waals surface area contributed by atoms with Gasteiger partial charge >= 0.3 is 6.03 Å². The summed E-state index contributed by atoms with van der Waals surface area (Å²) in [6, 6.07) is 6.92. The maximum absolute atomic E-state index is 11.4. The smallest absolute Gasteiger partial charge is 0.317 e. The highest BCUT2D eigenvalue weighted by molar-refractivity contribution is 5.95. The SMILES string of the molecule is CNc1ncc2cc(-c3cc(C)cc(OC)c3)c(NC(N)=O)nc2n1. The average Bonchev–Trinajstić information content (AvgIpc) is 2.59. The van der Waals surface area contributed by atoms with Gasteiger partial charge in [-0.2, -0.15) is 4.98 Å². The number of anilines is 2. The molecule has 0 aliphatic carbocycles. The molecule has 2 aromatic heterocycles. The molecule has 0 aliphatic rings. The number of nitrogens with zero attached hydrogens (tertiary/aromatic N) is 3. The zero-order valence-corrected chi connectivity index (χ0v) is 14.1. The van der Waals surface area contributed by atoms with Gasteiger partial charge in [0.2, 0.25) is 5.95 Å². The normalized spacial score (nSPS) is 10.5. The number of aryl methyl sites for hydroxylation is 1. The van der Waals surface area contributed by atoms with Gasteiger partial charge in [0.25, 0.3) is 0 Å². The molecule has 0 bridgehead atoms. The lowest BCUT2D eigenvalue weighted by atomic mass is 10.0. The van der Waals surface area contributed by atoms with E-state index in [1.807, 2.05) is 31.2 Å². The fourth-order valence-electron chi connectivity index (χ4n) is 2.54. The number of hydrogen-bond donors (Lipinski definition) is 3. The van der Waals surface area contributed by atoms with Crippen LogP contribution in [-0.2, 0) is 0 Å². The van der Waals surface area contributed by atoms with Gasteiger partial charge in [-0.3, -0.25) is 5.32 Å². The van der Waals surface area contributed by atoms with Crippen molar-refractivity contribution in [1.29, 1.82) is 0 Å². The maximum Gasteiger partial charge on any atom is 0.317 e. The number of hydrogen-bond acceptors (Lipinski definition) is 6. The van der Waals surface area contributed by atoms with Gasteiger partial charge in [0.1, 0.15) is 11.6 Å². The predicted molar refractivity (Wildman–Crippen MR) is 96.8 cm³/mol. The summed E-state index contributed by atoms with van der Waals surface area (Å²) in [5.74, 6) is 1.48. The zero-order chi connectivity index (χ0) is 18.0. The van der Waals surface area contributed by atoms with E-state index in [1.165, 1.54) is 0 Å². The van der Waals surface area contributed by atoms with E-state index in [2.05, 4.69) is 25.6 Å². The van der Waals surface area contributed by atoms with Crippen molar-refractivity contribution in [3.63, 3.8) is 0 Å². The molecule has 0 aliphatic heterocycles. The first-order valence-electron chi connectivity index (χ1n) is 7.58. The number of carbonyl (C=O) groups is 1. The summed E-state index contributed by atoms with van der Waals surface area (Å²) in [6.07, 6.45) is 1.67. The maximum atomic E-state index is 11.4. The van der Waals surface area contributed by atoms with Crippen molar-refractivity contribution < 1.29 is 9.53 Å². The number of benzene rings is 1. The van der Waals surface area contributed by atoms with E-state index in [4.69, 9.17) is 10.5 Å². The van der Waals surface area contributed by atoms with Crippen LogP contribution in [0.25, 0.3) is 22.2 Å². The number of nitrogens with one attached hydrogen (secondary N) is 2. The third-order valence-corrected chi connectivity index (χ3v) is 3.63. The highest BCUT2D eigenvalue weighted by atomic mass is 16.5. The summed E-state index contributed by atoms with van der Waals surface area (Å²) in [7, 11) is 3.32. The first-order chi connectivity index (χ1) is 12.0. The Hall–Kier alpha value is -3.42. The highest BCUT2D eigenvalue weighted by Crippen LogP contribution is 2.32. The molecule has 4 N–H and O–H groups in total. The van der Waals surface area contributed by atoms with E-state index in [0.717, 1.165) is 16.5 Å². The Morgan fingerprint density at radius 2 is 2.00 bits per heavy atom. The zero-order valence-electron chi connectivity index (χ0n) is 14.1. The Bertz CT molecular complexity index is 957. The number of ether oxygens (including phenoxy) is 1. The molecule has 1 aromatic carbocycles. The molecule has 0 fully saturated rings. The van der Waals surface area contributed by atoms with Crippen LogP contribution in [0.15, 0.2) is 30.5 Å². The Morgan fingerprint density at radius 1 is 1.20 bits per heavy atom. The second kappa shape index (κ2) is 6.60. The summed E-state index contributed by atoms with van der Waals surface area (Å²) >= 11 is 0. The Morgan fingerprint density at radius 3 is 2.68 bits per heavy atom. The number of amides is 2. The van der Waals surface area contributed by atoms with Gasteiger partial charge in [-0.05, 0) is 36.2 Å². The van der Waals surface area contributed by atoms with Crippen molar-refractivity contribution in [3.05, 3.63) is 36.0 Å². The molecule has 3 rings (SSSR count). The highest BCUT2D eigenvalue weighted by Gasteiger charge is 2.13. The summed E-state index contributed by atoms with van der Waals surface area (Å²) in [5, 5.41) is 6.16. The molecular formula is C17H18N6O2. The third-order valence-electron chi connectivity index (χ3n) is 3.63. The van der Waals surface area contributed by atoms with Gasteiger partial charge in [-0.15, -0.1) is 0 Å². The number of carbonyl (C=O) groups excluding carboxylic acids is 1. The van der Waals surface area contributed by atoms with Crippen LogP contribution in [0.1, 0.15) is 5.56 Å². The summed E-state index contributed by atoms with van der Waals surface area (Å²) in [5.41, 5.74) is 8.31. The van der Waals surface area contributed by atoms with Crippen LogP contribution in [0.2, 0.25) is 0 Å². The van der Waals surface area contributed by atoms with E-state index in [9.17, 15) is 4.79 Å². The predicted octanol–water partition coefficient (Wildman–Crippen LogP) is 2.54. The molecule has 2 amide bonds. The van der Waals surface area contributed by atoms with Crippen LogP contribution in [0.5, 0.6) is 5.75 Å². The summed E-state index contributed by atoms with van der Waals surface area (Å²) in [6.45, 7) is 1.96. The van der Waals surface area contributed by atoms with Gasteiger partial charge in [-0.1, -0.05) is 6.07 Å². The van der Waals surface area contributed by atoms with Crippen molar-refractivity contribution in [2.75, 3.05) is 24.8 Å². The molecule has 0 atom stereocenters. The topological polar surface area (TPSA) is 115 Å². The number of methoxy groups -OCH3 is 1. The van der Waals surface area contributed by atoms with Crippen LogP contribution < -0.4 is 21.1 Å². The van der Waals surface area contributed by atoms with E-state index < -0.39 is 6.03 Å². The number of fused-ring (bicyclic) bond motifs is 1. The van der Waals surface area contributed by atoms with Crippen molar-refractivity contribution >= 4 is 28.8 Å². The van der Waals surface area contributed by atoms with E-state index in [-0.39, 0.29) is 0 Å². The van der Waals surface area contributed by atoms with Gasteiger partial charge in [0.15, 0.2) is 5.65 Å². The second-order valence-corrected chi connectivity index (χ2v) is 5.47. The Balaban J connectivity index is 2.24. The minimum Gasteiger partial charge on any atom is -0.497 e. The number of nitrogens with two attached hydrogens (primary N) is 1. The molecular weight excluding hydrogens is 320 g/mol. The van der Waals surface area contributed by atoms with Crippen molar-refractivity contribution in [2.45, 2.75) is 6.92 Å². The van der Waals surface area contributed by atoms with Gasteiger partial charge < -0.3 is 15.8 Å². The molecule has 2 heterocycles. The Labute approximate surface area is 144 Å². The van der Waals surface area contributed by atoms with Crippen molar-refractivity contribution in [2.24, 2.45) is 5.73 Å². The number of primary amides is 1. The quantitative estimate of drug-likeness (QED) is 0.673. The van der Waals surface area contributed by atoms with E-state index in [1.54, 1.807) is 20.4 Å². The fourth-order valence-corrected chi connectivity index (χ4v) is 2.54. The first kappa shape index (κ1) is 16.4. The minimum absolute atomic E-state index is 0.327. The van der Waals surface area contributed by atoms with Gasteiger partial charge in [0.05, 0.1) is 7.11 Å². The summed E-state index contributed by atoms with van der Waals surface area (Å²) in [4.78, 5) is 24.3. The van der Waals surface area contributed by atoms with Crippen LogP contribution in [0.3, 0.4) is 0 Å². The molecule has 25 heavy (non-hydrogen) atoms. The minimum atomic E-state index is -0.699. The standard InChI is InChI=1S/C17H18N6O2/c1-9-4-10(6-12(5-9)25-3)13-7-11-8-20-17(19-2)23-14(11)21-15(13)22-16(18)24/h4-8H,1-3H3,(H4,18,19,20,21,22,23,24). The molecule has 0 saturated heterocycles. The Kier molecular flexibility index (Phi) is 4.34. The second-order valence-electron chi connectivity index (χ2n) is 5.47. The number of rotatable bonds is 4. The van der Waals surface area contributed by atoms with Crippen molar-refractivity contribution in [1.82, 2.24) is 15.0 Å². The molecule has 8 nitrogen and oxygen atoms in total. The number of pyridine rings is 1. The van der Waals surface area contributed by atoms with Crippen LogP contribution in [-0.4, -0.2) is 35.1 Å².